The number of ether oxygens (including phenoxy) is 1. The van der Waals surface area contributed by atoms with Crippen LogP contribution in [0.25, 0.3) is 0 Å². The largest absolute Gasteiger partial charge is 0.496 e. The van der Waals surface area contributed by atoms with Gasteiger partial charge in [-0.1, -0.05) is 15.9 Å². The fraction of sp³-hybridized carbons (Fsp3) is 0.167. The molecule has 2 aromatic rings. The Labute approximate surface area is 114 Å². The Kier molecular flexibility index (Phi) is 3.97. The maximum Gasteiger partial charge on any atom is 0.161 e. The second-order valence-corrected chi connectivity index (χ2v) is 5.37. The first-order valence-corrected chi connectivity index (χ1v) is 6.74. The van der Waals surface area contributed by atoms with Crippen molar-refractivity contribution in [2.24, 2.45) is 0 Å². The van der Waals surface area contributed by atoms with Crippen LogP contribution in [0.4, 0.5) is 13.2 Å². The van der Waals surface area contributed by atoms with Crippen molar-refractivity contribution in [1.82, 2.24) is 0 Å². The molecule has 0 saturated heterocycles. The molecular weight excluding hydrogens is 329 g/mol. The summed E-state index contributed by atoms with van der Waals surface area (Å²) in [5, 5.41) is 1.78. The molecule has 1 aromatic heterocycles. The molecule has 6 heteroatoms. The summed E-state index contributed by atoms with van der Waals surface area (Å²) < 4.78 is 44.8. The Hall–Kier alpha value is -1.01. The van der Waals surface area contributed by atoms with E-state index in [9.17, 15) is 13.2 Å². The lowest BCUT2D eigenvalue weighted by Gasteiger charge is -2.12. The van der Waals surface area contributed by atoms with Crippen molar-refractivity contribution in [1.29, 1.82) is 0 Å². The van der Waals surface area contributed by atoms with Crippen LogP contribution in [0.2, 0.25) is 0 Å². The summed E-state index contributed by atoms with van der Waals surface area (Å²) in [5.74, 6) is -2.50. The topological polar surface area (TPSA) is 9.23 Å². The van der Waals surface area contributed by atoms with E-state index in [-0.39, 0.29) is 5.56 Å². The molecule has 0 saturated carbocycles. The highest BCUT2D eigenvalue weighted by atomic mass is 79.9. The van der Waals surface area contributed by atoms with E-state index < -0.39 is 22.3 Å². The Morgan fingerprint density at radius 3 is 2.50 bits per heavy atom. The van der Waals surface area contributed by atoms with Crippen LogP contribution in [-0.2, 0) is 0 Å². The maximum atomic E-state index is 13.6. The summed E-state index contributed by atoms with van der Waals surface area (Å²) >= 11 is 4.62. The molecule has 1 unspecified atom stereocenters. The molecule has 1 heterocycles. The van der Waals surface area contributed by atoms with Gasteiger partial charge < -0.3 is 4.74 Å². The highest BCUT2D eigenvalue weighted by Gasteiger charge is 2.22. The van der Waals surface area contributed by atoms with E-state index in [1.807, 2.05) is 0 Å². The van der Waals surface area contributed by atoms with Gasteiger partial charge in [-0.05, 0) is 17.5 Å². The van der Waals surface area contributed by atoms with E-state index in [0.717, 1.165) is 6.07 Å². The average molecular weight is 337 g/mol. The number of alkyl halides is 1. The van der Waals surface area contributed by atoms with Crippen LogP contribution in [0.3, 0.4) is 0 Å². The minimum absolute atomic E-state index is 0.0367. The lowest BCUT2D eigenvalue weighted by Crippen LogP contribution is -1.99. The van der Waals surface area contributed by atoms with Gasteiger partial charge in [0.05, 0.1) is 16.8 Å². The zero-order valence-corrected chi connectivity index (χ0v) is 11.6. The summed E-state index contributed by atoms with van der Waals surface area (Å²) in [5.41, 5.74) is 0.0367. The van der Waals surface area contributed by atoms with Gasteiger partial charge in [0, 0.05) is 11.6 Å². The van der Waals surface area contributed by atoms with E-state index in [2.05, 4.69) is 15.9 Å². The number of rotatable bonds is 3. The predicted octanol–water partition coefficient (Wildman–Crippen LogP) is 4.66. The van der Waals surface area contributed by atoms with Crippen LogP contribution in [0.1, 0.15) is 15.3 Å². The van der Waals surface area contributed by atoms with Crippen LogP contribution < -0.4 is 4.74 Å². The summed E-state index contributed by atoms with van der Waals surface area (Å²) in [6, 6.07) is 3.12. The van der Waals surface area contributed by atoms with E-state index in [0.29, 0.717) is 16.7 Å². The van der Waals surface area contributed by atoms with Crippen molar-refractivity contribution >= 4 is 27.3 Å². The first-order chi connectivity index (χ1) is 8.54. The minimum atomic E-state index is -1.20. The minimum Gasteiger partial charge on any atom is -0.496 e. The Morgan fingerprint density at radius 2 is 1.83 bits per heavy atom. The van der Waals surface area contributed by atoms with Crippen molar-refractivity contribution in [2.75, 3.05) is 7.11 Å². The lowest BCUT2D eigenvalue weighted by atomic mass is 10.1. The van der Waals surface area contributed by atoms with Gasteiger partial charge in [0.15, 0.2) is 11.6 Å². The molecule has 1 aromatic carbocycles. The zero-order chi connectivity index (χ0) is 13.3. The fourth-order valence-electron chi connectivity index (χ4n) is 1.54. The molecule has 0 aliphatic rings. The van der Waals surface area contributed by atoms with Crippen LogP contribution >= 0.6 is 27.3 Å². The molecule has 18 heavy (non-hydrogen) atoms. The van der Waals surface area contributed by atoms with Crippen LogP contribution in [0, 0.1) is 17.5 Å². The van der Waals surface area contributed by atoms with Gasteiger partial charge in [0.1, 0.15) is 11.6 Å². The number of hydrogen-bond acceptors (Lipinski definition) is 2. The fourth-order valence-corrected chi connectivity index (χ4v) is 3.29. The SMILES string of the molecule is COc1ccsc1C(Br)c1cc(F)c(F)cc1F. The van der Waals surface area contributed by atoms with Crippen LogP contribution in [0.5, 0.6) is 5.75 Å². The molecule has 2 rings (SSSR count). The van der Waals surface area contributed by atoms with Gasteiger partial charge in [-0.15, -0.1) is 11.3 Å². The molecule has 1 nitrogen and oxygen atoms in total. The number of halogens is 4. The number of hydrogen-bond donors (Lipinski definition) is 0. The van der Waals surface area contributed by atoms with Crippen LogP contribution in [0.15, 0.2) is 23.6 Å². The number of benzene rings is 1. The molecule has 0 N–H and O–H groups in total. The third-order valence-corrected chi connectivity index (χ3v) is 4.64. The predicted molar refractivity (Wildman–Crippen MR) is 68.0 cm³/mol. The van der Waals surface area contributed by atoms with Gasteiger partial charge in [-0.25, -0.2) is 13.2 Å². The van der Waals surface area contributed by atoms with Gasteiger partial charge in [-0.2, -0.15) is 0 Å². The number of methoxy groups -OCH3 is 1. The van der Waals surface area contributed by atoms with Crippen molar-refractivity contribution in [3.8, 4) is 5.75 Å². The summed E-state index contributed by atoms with van der Waals surface area (Å²) in [7, 11) is 1.49. The third-order valence-electron chi connectivity index (χ3n) is 2.42. The normalized spacial score (nSPS) is 12.5. The zero-order valence-electron chi connectivity index (χ0n) is 9.22. The van der Waals surface area contributed by atoms with E-state index in [4.69, 9.17) is 4.74 Å². The summed E-state index contributed by atoms with van der Waals surface area (Å²) in [4.78, 5) is 0.116. The van der Waals surface area contributed by atoms with Crippen molar-refractivity contribution in [3.63, 3.8) is 0 Å². The van der Waals surface area contributed by atoms with Crippen LogP contribution in [-0.4, -0.2) is 7.11 Å². The van der Waals surface area contributed by atoms with Crippen molar-refractivity contribution in [2.45, 2.75) is 4.83 Å². The summed E-state index contributed by atoms with van der Waals surface area (Å²) in [6.45, 7) is 0. The van der Waals surface area contributed by atoms with Gasteiger partial charge in [-0.3, -0.25) is 0 Å². The Morgan fingerprint density at radius 1 is 1.17 bits per heavy atom. The first-order valence-electron chi connectivity index (χ1n) is 4.94. The van der Waals surface area contributed by atoms with Gasteiger partial charge >= 0.3 is 0 Å². The average Bonchev–Trinajstić information content (AvgIpc) is 2.81. The Bertz CT molecular complexity index is 570. The molecule has 0 radical (unpaired) electrons. The molecule has 0 aliphatic carbocycles. The van der Waals surface area contributed by atoms with Crippen molar-refractivity contribution in [3.05, 3.63) is 51.5 Å². The summed E-state index contributed by atoms with van der Waals surface area (Å²) in [6.07, 6.45) is 0. The molecule has 0 aliphatic heterocycles. The van der Waals surface area contributed by atoms with E-state index in [1.165, 1.54) is 18.4 Å². The van der Waals surface area contributed by atoms with E-state index >= 15 is 0 Å². The standard InChI is InChI=1S/C12H8BrF3OS/c1-17-10-2-3-18-12(10)11(13)6-4-8(15)9(16)5-7(6)14/h2-5,11H,1H3. The molecule has 96 valence electrons. The molecule has 0 bridgehead atoms. The van der Waals surface area contributed by atoms with Gasteiger partial charge in [0.2, 0.25) is 0 Å². The number of thiophene rings is 1. The lowest BCUT2D eigenvalue weighted by molar-refractivity contribution is 0.412. The second-order valence-electron chi connectivity index (χ2n) is 3.50. The Balaban J connectivity index is 2.46. The second kappa shape index (κ2) is 5.32. The highest BCUT2D eigenvalue weighted by Crippen LogP contribution is 2.41. The molecule has 0 amide bonds. The van der Waals surface area contributed by atoms with Gasteiger partial charge in [0.25, 0.3) is 0 Å². The first kappa shape index (κ1) is 13.4. The molecule has 1 atom stereocenters. The molecule has 0 fully saturated rings. The molecular formula is C12H8BrF3OS. The quantitative estimate of drug-likeness (QED) is 0.585. The monoisotopic (exact) mass is 336 g/mol. The van der Waals surface area contributed by atoms with E-state index in [1.54, 1.807) is 11.4 Å². The third kappa shape index (κ3) is 2.40. The highest BCUT2D eigenvalue weighted by molar-refractivity contribution is 9.09. The smallest absolute Gasteiger partial charge is 0.161 e. The van der Waals surface area contributed by atoms with Crippen molar-refractivity contribution < 1.29 is 17.9 Å². The molecule has 0 spiro atoms. The maximum absolute atomic E-state index is 13.6.